The first-order chi connectivity index (χ1) is 13.0. The lowest BCUT2D eigenvalue weighted by atomic mass is 10.1. The van der Waals surface area contributed by atoms with Crippen molar-refractivity contribution in [1.82, 2.24) is 4.90 Å². The summed E-state index contributed by atoms with van der Waals surface area (Å²) in [5.74, 6) is 1.24. The van der Waals surface area contributed by atoms with Crippen molar-refractivity contribution in [3.05, 3.63) is 63.7 Å². The first-order valence-corrected chi connectivity index (χ1v) is 8.76. The molecule has 1 aliphatic rings. The molecule has 0 aromatic heterocycles. The predicted molar refractivity (Wildman–Crippen MR) is 99.9 cm³/mol. The van der Waals surface area contributed by atoms with Crippen LogP contribution in [0.25, 0.3) is 0 Å². The number of carbonyl (C=O) groups excluding carboxylic acids is 1. The molecule has 1 aliphatic carbocycles. The number of rotatable bonds is 8. The number of ether oxygens (including phenoxy) is 2. The van der Waals surface area contributed by atoms with Gasteiger partial charge < -0.3 is 14.4 Å². The molecule has 1 fully saturated rings. The molecule has 0 N–H and O–H groups in total. The van der Waals surface area contributed by atoms with Gasteiger partial charge in [-0.05, 0) is 31.0 Å². The Labute approximate surface area is 157 Å². The summed E-state index contributed by atoms with van der Waals surface area (Å²) in [5, 5.41) is 11.2. The highest BCUT2D eigenvalue weighted by Gasteiger charge is 2.33. The summed E-state index contributed by atoms with van der Waals surface area (Å²) < 4.78 is 10.7. The number of nitro groups is 1. The largest absolute Gasteiger partial charge is 0.497 e. The topological polar surface area (TPSA) is 81.9 Å². The lowest BCUT2D eigenvalue weighted by molar-refractivity contribution is -0.385. The molecule has 1 amide bonds. The van der Waals surface area contributed by atoms with Crippen LogP contribution in [-0.4, -0.2) is 36.0 Å². The van der Waals surface area contributed by atoms with Crippen molar-refractivity contribution >= 4 is 11.6 Å². The number of benzene rings is 2. The van der Waals surface area contributed by atoms with Crippen molar-refractivity contribution in [2.24, 2.45) is 0 Å². The molecule has 27 heavy (non-hydrogen) atoms. The van der Waals surface area contributed by atoms with E-state index in [1.807, 2.05) is 12.1 Å². The molecule has 0 atom stereocenters. The van der Waals surface area contributed by atoms with Gasteiger partial charge in [-0.2, -0.15) is 0 Å². The summed E-state index contributed by atoms with van der Waals surface area (Å²) in [5.41, 5.74) is 1.25. The Bertz CT molecular complexity index is 848. The Morgan fingerprint density at radius 2 is 1.89 bits per heavy atom. The highest BCUT2D eigenvalue weighted by Crippen LogP contribution is 2.33. The smallest absolute Gasteiger partial charge is 0.273 e. The number of amides is 1. The molecule has 0 aliphatic heterocycles. The van der Waals surface area contributed by atoms with Crippen LogP contribution in [-0.2, 0) is 17.8 Å². The number of hydrogen-bond acceptors (Lipinski definition) is 5. The van der Waals surface area contributed by atoms with Crippen LogP contribution in [0.5, 0.6) is 11.5 Å². The fourth-order valence-corrected chi connectivity index (χ4v) is 3.10. The van der Waals surface area contributed by atoms with Crippen LogP contribution in [0.1, 0.15) is 24.0 Å². The number of hydrogen-bond donors (Lipinski definition) is 0. The van der Waals surface area contributed by atoms with E-state index in [0.29, 0.717) is 23.6 Å². The van der Waals surface area contributed by atoms with Crippen molar-refractivity contribution in [2.45, 2.75) is 31.8 Å². The first-order valence-electron chi connectivity index (χ1n) is 8.76. The van der Waals surface area contributed by atoms with Crippen LogP contribution in [0.2, 0.25) is 0 Å². The lowest BCUT2D eigenvalue weighted by Gasteiger charge is -2.24. The Hall–Kier alpha value is -3.09. The van der Waals surface area contributed by atoms with Gasteiger partial charge in [-0.15, -0.1) is 0 Å². The summed E-state index contributed by atoms with van der Waals surface area (Å²) in [6.07, 6.45) is 1.88. The molecule has 142 valence electrons. The van der Waals surface area contributed by atoms with Gasteiger partial charge in [0.15, 0.2) is 0 Å². The molecule has 7 heteroatoms. The average molecular weight is 370 g/mol. The summed E-state index contributed by atoms with van der Waals surface area (Å²) in [4.78, 5) is 25.5. The molecule has 1 saturated carbocycles. The molecule has 2 aromatic carbocycles. The van der Waals surface area contributed by atoms with E-state index < -0.39 is 4.92 Å². The molecular weight excluding hydrogens is 348 g/mol. The molecule has 0 heterocycles. The van der Waals surface area contributed by atoms with Crippen LogP contribution in [0.15, 0.2) is 42.5 Å². The van der Waals surface area contributed by atoms with Crippen LogP contribution >= 0.6 is 0 Å². The van der Waals surface area contributed by atoms with Crippen LogP contribution < -0.4 is 9.47 Å². The third kappa shape index (κ3) is 4.36. The maximum Gasteiger partial charge on any atom is 0.273 e. The number of carbonyl (C=O) groups is 1. The van der Waals surface area contributed by atoms with E-state index in [0.717, 1.165) is 18.4 Å². The standard InChI is InChI=1S/C20H22N2O5/c1-26-17-9-10-19(27-2)15(11-17)13-21(16-7-8-16)20(23)12-14-5-3-4-6-18(14)22(24)25/h3-6,9-11,16H,7-8,12-13H2,1-2H3. The van der Waals surface area contributed by atoms with Gasteiger partial charge in [0.2, 0.25) is 5.91 Å². The Morgan fingerprint density at radius 1 is 1.15 bits per heavy atom. The third-order valence-corrected chi connectivity index (χ3v) is 4.67. The molecule has 3 rings (SSSR count). The molecule has 7 nitrogen and oxygen atoms in total. The fraction of sp³-hybridized carbons (Fsp3) is 0.350. The quantitative estimate of drug-likeness (QED) is 0.526. The van der Waals surface area contributed by atoms with Gasteiger partial charge in [-0.25, -0.2) is 0 Å². The van der Waals surface area contributed by atoms with Crippen molar-refractivity contribution in [2.75, 3.05) is 14.2 Å². The average Bonchev–Trinajstić information content (AvgIpc) is 3.51. The minimum absolute atomic E-state index is 0.0000622. The van der Waals surface area contributed by atoms with Gasteiger partial charge >= 0.3 is 0 Å². The molecule has 0 spiro atoms. The highest BCUT2D eigenvalue weighted by atomic mass is 16.6. The normalized spacial score (nSPS) is 13.1. The van der Waals surface area contributed by atoms with E-state index in [1.54, 1.807) is 43.4 Å². The second-order valence-electron chi connectivity index (χ2n) is 6.49. The van der Waals surface area contributed by atoms with Crippen molar-refractivity contribution < 1.29 is 19.2 Å². The molecule has 2 aromatic rings. The van der Waals surface area contributed by atoms with E-state index >= 15 is 0 Å². The molecule has 0 saturated heterocycles. The Kier molecular flexibility index (Phi) is 5.59. The molecule has 0 radical (unpaired) electrons. The van der Waals surface area contributed by atoms with Gasteiger partial charge in [-0.1, -0.05) is 18.2 Å². The van der Waals surface area contributed by atoms with Gasteiger partial charge in [0.1, 0.15) is 11.5 Å². The van der Waals surface area contributed by atoms with Crippen LogP contribution in [0.3, 0.4) is 0 Å². The molecule has 0 bridgehead atoms. The molecule has 0 unspecified atom stereocenters. The Morgan fingerprint density at radius 3 is 2.52 bits per heavy atom. The van der Waals surface area contributed by atoms with E-state index in [9.17, 15) is 14.9 Å². The van der Waals surface area contributed by atoms with Gasteiger partial charge in [-0.3, -0.25) is 14.9 Å². The maximum absolute atomic E-state index is 13.0. The van der Waals surface area contributed by atoms with Crippen molar-refractivity contribution in [3.63, 3.8) is 0 Å². The minimum Gasteiger partial charge on any atom is -0.497 e. The zero-order chi connectivity index (χ0) is 19.4. The monoisotopic (exact) mass is 370 g/mol. The second kappa shape index (κ2) is 8.07. The first kappa shape index (κ1) is 18.7. The number of nitrogens with zero attached hydrogens (tertiary/aromatic N) is 2. The SMILES string of the molecule is COc1ccc(OC)c(CN(C(=O)Cc2ccccc2[N+](=O)[O-])C2CC2)c1. The zero-order valence-corrected chi connectivity index (χ0v) is 15.4. The maximum atomic E-state index is 13.0. The molecular formula is C20H22N2O5. The van der Waals surface area contributed by atoms with Crippen molar-refractivity contribution in [1.29, 1.82) is 0 Å². The van der Waals surface area contributed by atoms with E-state index in [2.05, 4.69) is 0 Å². The summed E-state index contributed by atoms with van der Waals surface area (Å²) >= 11 is 0. The number of nitro benzene ring substituents is 1. The van der Waals surface area contributed by atoms with Gasteiger partial charge in [0, 0.05) is 29.8 Å². The van der Waals surface area contributed by atoms with E-state index in [-0.39, 0.29) is 24.1 Å². The van der Waals surface area contributed by atoms with Crippen LogP contribution in [0.4, 0.5) is 5.69 Å². The summed E-state index contributed by atoms with van der Waals surface area (Å²) in [7, 11) is 3.17. The van der Waals surface area contributed by atoms with Gasteiger partial charge in [0.25, 0.3) is 5.69 Å². The predicted octanol–water partition coefficient (Wildman–Crippen LogP) is 3.35. The Balaban J connectivity index is 1.83. The summed E-state index contributed by atoms with van der Waals surface area (Å²) in [6.45, 7) is 0.379. The fourth-order valence-electron chi connectivity index (χ4n) is 3.10. The third-order valence-electron chi connectivity index (χ3n) is 4.67. The van der Waals surface area contributed by atoms with Gasteiger partial charge in [0.05, 0.1) is 25.6 Å². The van der Waals surface area contributed by atoms with Crippen LogP contribution in [0, 0.1) is 10.1 Å². The summed E-state index contributed by atoms with van der Waals surface area (Å²) in [6, 6.07) is 12.0. The lowest BCUT2D eigenvalue weighted by Crippen LogP contribution is -2.34. The highest BCUT2D eigenvalue weighted by molar-refractivity contribution is 5.80. The van der Waals surface area contributed by atoms with E-state index in [4.69, 9.17) is 9.47 Å². The minimum atomic E-state index is -0.449. The second-order valence-corrected chi connectivity index (χ2v) is 6.49. The van der Waals surface area contributed by atoms with Crippen molar-refractivity contribution in [3.8, 4) is 11.5 Å². The zero-order valence-electron chi connectivity index (χ0n) is 15.4. The number of para-hydroxylation sites is 1. The van der Waals surface area contributed by atoms with E-state index in [1.165, 1.54) is 6.07 Å². The number of methoxy groups -OCH3 is 2.